The summed E-state index contributed by atoms with van der Waals surface area (Å²) in [5.41, 5.74) is 1.90. The van der Waals surface area contributed by atoms with Gasteiger partial charge in [0.05, 0.1) is 6.04 Å². The van der Waals surface area contributed by atoms with E-state index >= 15 is 0 Å². The van der Waals surface area contributed by atoms with Gasteiger partial charge in [0.1, 0.15) is 4.60 Å². The number of hydrogen-bond donors (Lipinski definition) is 0. The lowest BCUT2D eigenvalue weighted by Gasteiger charge is -2.25. The van der Waals surface area contributed by atoms with Crippen LogP contribution in [0.1, 0.15) is 34.8 Å². The highest BCUT2D eigenvalue weighted by molar-refractivity contribution is 9.10. The van der Waals surface area contributed by atoms with Crippen LogP contribution in [0.25, 0.3) is 0 Å². The van der Waals surface area contributed by atoms with Crippen LogP contribution in [0.4, 0.5) is 0 Å². The SMILES string of the molecule is O=C(c1ccnc(Br)c1)N1CCCC1c1ccccc1. The maximum Gasteiger partial charge on any atom is 0.254 e. The number of pyridine rings is 1. The lowest BCUT2D eigenvalue weighted by Crippen LogP contribution is -2.30. The highest BCUT2D eigenvalue weighted by atomic mass is 79.9. The second kappa shape index (κ2) is 5.75. The van der Waals surface area contributed by atoms with Crippen LogP contribution in [-0.4, -0.2) is 22.3 Å². The van der Waals surface area contributed by atoms with Crippen molar-refractivity contribution < 1.29 is 4.79 Å². The minimum Gasteiger partial charge on any atom is -0.332 e. The predicted octanol–water partition coefficient (Wildman–Crippen LogP) is 3.82. The summed E-state index contributed by atoms with van der Waals surface area (Å²) in [4.78, 5) is 18.7. The molecule has 2 heterocycles. The molecule has 0 aliphatic carbocycles. The molecule has 1 aromatic carbocycles. The van der Waals surface area contributed by atoms with E-state index in [4.69, 9.17) is 0 Å². The Hall–Kier alpha value is -1.68. The Bertz CT molecular complexity index is 615. The topological polar surface area (TPSA) is 33.2 Å². The quantitative estimate of drug-likeness (QED) is 0.784. The van der Waals surface area contributed by atoms with Gasteiger partial charge in [0.25, 0.3) is 5.91 Å². The first-order valence-corrected chi connectivity index (χ1v) is 7.52. The fraction of sp³-hybridized carbons (Fsp3) is 0.250. The van der Waals surface area contributed by atoms with E-state index in [0.29, 0.717) is 10.2 Å². The molecule has 102 valence electrons. The van der Waals surface area contributed by atoms with Crippen molar-refractivity contribution in [2.24, 2.45) is 0 Å². The lowest BCUT2D eigenvalue weighted by atomic mass is 10.0. The number of hydrogen-bond acceptors (Lipinski definition) is 2. The number of halogens is 1. The Morgan fingerprint density at radius 1 is 1.25 bits per heavy atom. The third-order valence-corrected chi connectivity index (χ3v) is 4.11. The van der Waals surface area contributed by atoms with Gasteiger partial charge in [0, 0.05) is 18.3 Å². The van der Waals surface area contributed by atoms with Gasteiger partial charge < -0.3 is 4.90 Å². The number of aromatic nitrogens is 1. The first-order valence-electron chi connectivity index (χ1n) is 6.73. The fourth-order valence-electron chi connectivity index (χ4n) is 2.73. The summed E-state index contributed by atoms with van der Waals surface area (Å²) in [5.74, 6) is 0.0828. The van der Waals surface area contributed by atoms with E-state index in [0.717, 1.165) is 19.4 Å². The van der Waals surface area contributed by atoms with Crippen LogP contribution >= 0.6 is 15.9 Å². The van der Waals surface area contributed by atoms with Crippen molar-refractivity contribution in [3.8, 4) is 0 Å². The van der Waals surface area contributed by atoms with Gasteiger partial charge >= 0.3 is 0 Å². The highest BCUT2D eigenvalue weighted by Crippen LogP contribution is 2.33. The van der Waals surface area contributed by atoms with Crippen LogP contribution in [0.15, 0.2) is 53.3 Å². The van der Waals surface area contributed by atoms with E-state index in [9.17, 15) is 4.79 Å². The van der Waals surface area contributed by atoms with E-state index in [1.54, 1.807) is 18.3 Å². The van der Waals surface area contributed by atoms with E-state index in [1.165, 1.54) is 5.56 Å². The number of rotatable bonds is 2. The number of carbonyl (C=O) groups excluding carboxylic acids is 1. The van der Waals surface area contributed by atoms with E-state index in [-0.39, 0.29) is 11.9 Å². The molecule has 1 aliphatic rings. The van der Waals surface area contributed by atoms with Crippen molar-refractivity contribution in [3.63, 3.8) is 0 Å². The van der Waals surface area contributed by atoms with Crippen LogP contribution in [0.3, 0.4) is 0 Å². The molecule has 4 heteroatoms. The molecule has 1 atom stereocenters. The molecular formula is C16H15BrN2O. The van der Waals surface area contributed by atoms with Gasteiger partial charge in [-0.3, -0.25) is 4.79 Å². The van der Waals surface area contributed by atoms with Crippen LogP contribution in [0, 0.1) is 0 Å². The van der Waals surface area contributed by atoms with Crippen molar-refractivity contribution in [3.05, 3.63) is 64.4 Å². The zero-order valence-electron chi connectivity index (χ0n) is 11.0. The Morgan fingerprint density at radius 2 is 2.05 bits per heavy atom. The molecule has 1 aliphatic heterocycles. The molecule has 0 N–H and O–H groups in total. The van der Waals surface area contributed by atoms with Crippen LogP contribution in [-0.2, 0) is 0 Å². The molecule has 1 amide bonds. The highest BCUT2D eigenvalue weighted by Gasteiger charge is 2.30. The molecule has 1 saturated heterocycles. The van der Waals surface area contributed by atoms with Crippen LogP contribution in [0.5, 0.6) is 0 Å². The summed E-state index contributed by atoms with van der Waals surface area (Å²) < 4.78 is 0.693. The zero-order chi connectivity index (χ0) is 13.9. The van der Waals surface area contributed by atoms with Gasteiger partial charge in [0.2, 0.25) is 0 Å². The predicted molar refractivity (Wildman–Crippen MR) is 81.4 cm³/mol. The molecule has 0 saturated carbocycles. The molecule has 0 radical (unpaired) electrons. The molecule has 3 rings (SSSR count). The number of carbonyl (C=O) groups is 1. The molecular weight excluding hydrogens is 316 g/mol. The maximum atomic E-state index is 12.7. The minimum absolute atomic E-state index is 0.0828. The summed E-state index contributed by atoms with van der Waals surface area (Å²) in [7, 11) is 0. The first-order chi connectivity index (χ1) is 9.75. The summed E-state index contributed by atoms with van der Waals surface area (Å²) in [6, 6.07) is 14.0. The average Bonchev–Trinajstić information content (AvgIpc) is 2.97. The summed E-state index contributed by atoms with van der Waals surface area (Å²) in [6.45, 7) is 0.818. The van der Waals surface area contributed by atoms with Gasteiger partial charge in [-0.2, -0.15) is 0 Å². The average molecular weight is 331 g/mol. The number of benzene rings is 1. The number of likely N-dealkylation sites (tertiary alicyclic amines) is 1. The summed E-state index contributed by atoms with van der Waals surface area (Å²) in [5, 5.41) is 0. The second-order valence-corrected chi connectivity index (χ2v) is 5.75. The Kier molecular flexibility index (Phi) is 3.83. The molecule has 1 unspecified atom stereocenters. The van der Waals surface area contributed by atoms with E-state index in [2.05, 4.69) is 33.0 Å². The zero-order valence-corrected chi connectivity index (χ0v) is 12.6. The minimum atomic E-state index is 0.0828. The third-order valence-electron chi connectivity index (χ3n) is 3.67. The maximum absolute atomic E-state index is 12.7. The molecule has 2 aromatic rings. The van der Waals surface area contributed by atoms with Crippen LogP contribution < -0.4 is 0 Å². The Labute approximate surface area is 126 Å². The normalized spacial score (nSPS) is 18.2. The van der Waals surface area contributed by atoms with E-state index in [1.807, 2.05) is 23.1 Å². The molecule has 1 fully saturated rings. The third kappa shape index (κ3) is 2.61. The molecule has 1 aromatic heterocycles. The van der Waals surface area contributed by atoms with Gasteiger partial charge in [-0.25, -0.2) is 4.98 Å². The van der Waals surface area contributed by atoms with Crippen molar-refractivity contribution in [2.45, 2.75) is 18.9 Å². The van der Waals surface area contributed by atoms with Crippen molar-refractivity contribution in [2.75, 3.05) is 6.54 Å². The standard InChI is InChI=1S/C16H15BrN2O/c17-15-11-13(8-9-18-15)16(20)19-10-4-7-14(19)12-5-2-1-3-6-12/h1-3,5-6,8-9,11,14H,4,7,10H2. The van der Waals surface area contributed by atoms with Gasteiger partial charge in [-0.1, -0.05) is 30.3 Å². The van der Waals surface area contributed by atoms with Gasteiger partial charge in [0.15, 0.2) is 0 Å². The Morgan fingerprint density at radius 3 is 2.80 bits per heavy atom. The van der Waals surface area contributed by atoms with Gasteiger partial charge in [-0.05, 0) is 46.5 Å². The summed E-state index contributed by atoms with van der Waals surface area (Å²) in [6.07, 6.45) is 3.74. The largest absolute Gasteiger partial charge is 0.332 e. The Balaban J connectivity index is 1.87. The summed E-state index contributed by atoms with van der Waals surface area (Å²) >= 11 is 3.32. The molecule has 20 heavy (non-hydrogen) atoms. The smallest absolute Gasteiger partial charge is 0.254 e. The fourth-order valence-corrected chi connectivity index (χ4v) is 3.10. The van der Waals surface area contributed by atoms with Crippen molar-refractivity contribution >= 4 is 21.8 Å². The lowest BCUT2D eigenvalue weighted by molar-refractivity contribution is 0.0735. The molecule has 0 spiro atoms. The van der Waals surface area contributed by atoms with E-state index < -0.39 is 0 Å². The first kappa shape index (κ1) is 13.3. The number of nitrogens with zero attached hydrogens (tertiary/aromatic N) is 2. The van der Waals surface area contributed by atoms with Gasteiger partial charge in [-0.15, -0.1) is 0 Å². The molecule has 0 bridgehead atoms. The van der Waals surface area contributed by atoms with Crippen LogP contribution in [0.2, 0.25) is 0 Å². The monoisotopic (exact) mass is 330 g/mol. The molecule has 3 nitrogen and oxygen atoms in total. The second-order valence-electron chi connectivity index (χ2n) is 4.93. The number of amides is 1. The van der Waals surface area contributed by atoms with Crippen molar-refractivity contribution in [1.82, 2.24) is 9.88 Å². The van der Waals surface area contributed by atoms with Crippen molar-refractivity contribution in [1.29, 1.82) is 0 Å².